The van der Waals surface area contributed by atoms with Crippen LogP contribution in [0.5, 0.6) is 5.75 Å². The molecule has 0 spiro atoms. The van der Waals surface area contributed by atoms with Crippen LogP contribution in [0, 0.1) is 13.8 Å². The van der Waals surface area contributed by atoms with Crippen LogP contribution in [-0.2, 0) is 16.0 Å². The molecular weight excluding hydrogens is 378 g/mol. The molecule has 1 heterocycles. The fraction of sp³-hybridized carbons (Fsp3) is 0.417. The first-order chi connectivity index (χ1) is 14.5. The van der Waals surface area contributed by atoms with E-state index in [1.165, 1.54) is 5.56 Å². The summed E-state index contributed by atoms with van der Waals surface area (Å²) in [7, 11) is 0. The molecule has 30 heavy (non-hydrogen) atoms. The molecule has 2 amide bonds. The zero-order valence-electron chi connectivity index (χ0n) is 18.1. The first kappa shape index (κ1) is 21.8. The molecule has 1 N–H and O–H groups in total. The number of hydrogen-bond donors (Lipinski definition) is 1. The van der Waals surface area contributed by atoms with E-state index in [4.69, 9.17) is 4.74 Å². The third kappa shape index (κ3) is 5.83. The van der Waals surface area contributed by atoms with Crippen molar-refractivity contribution in [1.82, 2.24) is 9.80 Å². The van der Waals surface area contributed by atoms with E-state index >= 15 is 0 Å². The average molecular weight is 410 g/mol. The lowest BCUT2D eigenvalue weighted by Crippen LogP contribution is -2.51. The van der Waals surface area contributed by atoms with Gasteiger partial charge in [-0.3, -0.25) is 14.5 Å². The number of ether oxygens (including phenoxy) is 1. The standard InChI is InChI=1S/C24H31N3O3/c1-4-20-7-5-6-8-21(20)25-23(28)16-26-11-13-27(14-12-26)24(29)17-30-22-10-9-18(2)15-19(22)3/h5-10,15H,4,11-14,16-17H2,1-3H3,(H,25,28). The molecule has 1 saturated heterocycles. The monoisotopic (exact) mass is 409 g/mol. The Balaban J connectivity index is 1.42. The Morgan fingerprint density at radius 3 is 2.47 bits per heavy atom. The van der Waals surface area contributed by atoms with Crippen molar-refractivity contribution >= 4 is 17.5 Å². The molecule has 6 heteroatoms. The number of benzene rings is 2. The summed E-state index contributed by atoms with van der Waals surface area (Å²) in [5.41, 5.74) is 4.21. The Kier molecular flexibility index (Phi) is 7.46. The second-order valence-corrected chi connectivity index (χ2v) is 7.77. The smallest absolute Gasteiger partial charge is 0.260 e. The fourth-order valence-electron chi connectivity index (χ4n) is 3.69. The molecule has 0 aliphatic carbocycles. The van der Waals surface area contributed by atoms with Crippen molar-refractivity contribution in [1.29, 1.82) is 0 Å². The summed E-state index contributed by atoms with van der Waals surface area (Å²) in [4.78, 5) is 28.8. The Morgan fingerprint density at radius 2 is 1.77 bits per heavy atom. The quantitative estimate of drug-likeness (QED) is 0.764. The van der Waals surface area contributed by atoms with E-state index in [1.54, 1.807) is 0 Å². The van der Waals surface area contributed by atoms with Crippen LogP contribution < -0.4 is 10.1 Å². The van der Waals surface area contributed by atoms with Crippen molar-refractivity contribution in [3.63, 3.8) is 0 Å². The number of carbonyl (C=O) groups excluding carboxylic acids is 2. The molecule has 2 aromatic rings. The van der Waals surface area contributed by atoms with E-state index < -0.39 is 0 Å². The highest BCUT2D eigenvalue weighted by Gasteiger charge is 2.23. The summed E-state index contributed by atoms with van der Waals surface area (Å²) >= 11 is 0. The molecule has 160 valence electrons. The van der Waals surface area contributed by atoms with Crippen LogP contribution in [0.2, 0.25) is 0 Å². The normalized spacial score (nSPS) is 14.4. The van der Waals surface area contributed by atoms with Crippen molar-refractivity contribution in [2.24, 2.45) is 0 Å². The zero-order chi connectivity index (χ0) is 21.5. The van der Waals surface area contributed by atoms with Gasteiger partial charge in [0, 0.05) is 31.9 Å². The van der Waals surface area contributed by atoms with Crippen molar-refractivity contribution < 1.29 is 14.3 Å². The lowest BCUT2D eigenvalue weighted by atomic mass is 10.1. The molecule has 0 atom stereocenters. The third-order valence-electron chi connectivity index (χ3n) is 5.45. The molecule has 2 aromatic carbocycles. The van der Waals surface area contributed by atoms with Gasteiger partial charge < -0.3 is 15.0 Å². The van der Waals surface area contributed by atoms with Gasteiger partial charge in [0.2, 0.25) is 5.91 Å². The van der Waals surface area contributed by atoms with Crippen LogP contribution in [0.1, 0.15) is 23.6 Å². The number of carbonyl (C=O) groups is 2. The molecule has 0 saturated carbocycles. The minimum Gasteiger partial charge on any atom is -0.484 e. The van der Waals surface area contributed by atoms with Crippen LogP contribution >= 0.6 is 0 Å². The minimum absolute atomic E-state index is 0.0176. The minimum atomic E-state index is -0.0196. The van der Waals surface area contributed by atoms with E-state index in [2.05, 4.69) is 17.1 Å². The van der Waals surface area contributed by atoms with Gasteiger partial charge in [0.25, 0.3) is 5.91 Å². The van der Waals surface area contributed by atoms with Crippen molar-refractivity contribution in [3.8, 4) is 5.75 Å². The number of anilines is 1. The number of nitrogens with zero attached hydrogens (tertiary/aromatic N) is 2. The SMILES string of the molecule is CCc1ccccc1NC(=O)CN1CCN(C(=O)COc2ccc(C)cc2C)CC1. The van der Waals surface area contributed by atoms with Gasteiger partial charge in [-0.15, -0.1) is 0 Å². The Morgan fingerprint density at radius 1 is 1.03 bits per heavy atom. The zero-order valence-corrected chi connectivity index (χ0v) is 18.1. The molecule has 0 bridgehead atoms. The summed E-state index contributed by atoms with van der Waals surface area (Å²) in [5, 5.41) is 3.01. The van der Waals surface area contributed by atoms with E-state index in [0.29, 0.717) is 32.7 Å². The van der Waals surface area contributed by atoms with Gasteiger partial charge in [-0.25, -0.2) is 0 Å². The number of amides is 2. The van der Waals surface area contributed by atoms with Crippen molar-refractivity contribution in [3.05, 3.63) is 59.2 Å². The van der Waals surface area contributed by atoms with Gasteiger partial charge >= 0.3 is 0 Å². The molecule has 1 aliphatic rings. The highest BCUT2D eigenvalue weighted by Crippen LogP contribution is 2.19. The maximum atomic E-state index is 12.5. The number of hydrogen-bond acceptors (Lipinski definition) is 4. The van der Waals surface area contributed by atoms with E-state index in [-0.39, 0.29) is 18.4 Å². The van der Waals surface area contributed by atoms with Crippen molar-refractivity contribution in [2.45, 2.75) is 27.2 Å². The molecular formula is C24H31N3O3. The summed E-state index contributed by atoms with van der Waals surface area (Å²) in [6.07, 6.45) is 0.876. The molecule has 0 unspecified atom stereocenters. The van der Waals surface area contributed by atoms with Crippen LogP contribution in [0.15, 0.2) is 42.5 Å². The number of aryl methyl sites for hydroxylation is 3. The number of nitrogens with one attached hydrogen (secondary N) is 1. The molecule has 0 radical (unpaired) electrons. The highest BCUT2D eigenvalue weighted by molar-refractivity contribution is 5.93. The Labute approximate surface area is 178 Å². The summed E-state index contributed by atoms with van der Waals surface area (Å²) in [6.45, 7) is 9.03. The van der Waals surface area contributed by atoms with Crippen LogP contribution in [-0.4, -0.2) is 60.9 Å². The lowest BCUT2D eigenvalue weighted by molar-refractivity contribution is -0.135. The van der Waals surface area contributed by atoms with Crippen LogP contribution in [0.4, 0.5) is 5.69 Å². The van der Waals surface area contributed by atoms with Gasteiger partial charge in [-0.05, 0) is 43.5 Å². The predicted molar refractivity (Wildman–Crippen MR) is 119 cm³/mol. The van der Waals surface area contributed by atoms with Crippen molar-refractivity contribution in [2.75, 3.05) is 44.6 Å². The maximum Gasteiger partial charge on any atom is 0.260 e. The Hall–Kier alpha value is -2.86. The maximum absolute atomic E-state index is 12.5. The fourth-order valence-corrected chi connectivity index (χ4v) is 3.69. The van der Waals surface area contributed by atoms with Gasteiger partial charge in [0.1, 0.15) is 5.75 Å². The Bertz CT molecular complexity index is 889. The highest BCUT2D eigenvalue weighted by atomic mass is 16.5. The second kappa shape index (κ2) is 10.3. The summed E-state index contributed by atoms with van der Waals surface area (Å²) in [5.74, 6) is 0.710. The van der Waals surface area contributed by atoms with Crippen LogP contribution in [0.3, 0.4) is 0 Å². The molecule has 3 rings (SSSR count). The summed E-state index contributed by atoms with van der Waals surface area (Å²) in [6, 6.07) is 13.8. The second-order valence-electron chi connectivity index (χ2n) is 7.77. The number of piperazine rings is 1. The third-order valence-corrected chi connectivity index (χ3v) is 5.45. The largest absolute Gasteiger partial charge is 0.484 e. The number of rotatable bonds is 7. The average Bonchev–Trinajstić information content (AvgIpc) is 2.74. The summed E-state index contributed by atoms with van der Waals surface area (Å²) < 4.78 is 5.72. The predicted octanol–water partition coefficient (Wildman–Crippen LogP) is 3.03. The van der Waals surface area contributed by atoms with E-state index in [1.807, 2.05) is 61.2 Å². The molecule has 1 fully saturated rings. The first-order valence-corrected chi connectivity index (χ1v) is 10.5. The topological polar surface area (TPSA) is 61.9 Å². The molecule has 6 nitrogen and oxygen atoms in total. The lowest BCUT2D eigenvalue weighted by Gasteiger charge is -2.34. The molecule has 1 aliphatic heterocycles. The molecule has 0 aromatic heterocycles. The first-order valence-electron chi connectivity index (χ1n) is 10.5. The van der Waals surface area contributed by atoms with Gasteiger partial charge in [-0.2, -0.15) is 0 Å². The van der Waals surface area contributed by atoms with Gasteiger partial charge in [0.05, 0.1) is 6.54 Å². The van der Waals surface area contributed by atoms with E-state index in [0.717, 1.165) is 29.0 Å². The van der Waals surface area contributed by atoms with Crippen LogP contribution in [0.25, 0.3) is 0 Å². The van der Waals surface area contributed by atoms with E-state index in [9.17, 15) is 9.59 Å². The van der Waals surface area contributed by atoms with Gasteiger partial charge in [0.15, 0.2) is 6.61 Å². The number of para-hydroxylation sites is 1. The van der Waals surface area contributed by atoms with Gasteiger partial charge in [-0.1, -0.05) is 42.8 Å².